The number of carbonyl (C=O) groups excluding carboxylic acids is 1. The Balaban J connectivity index is 2.44. The number of methoxy groups -OCH3 is 1. The van der Waals surface area contributed by atoms with Crippen molar-refractivity contribution in [3.63, 3.8) is 0 Å². The molecule has 72 valence electrons. The van der Waals surface area contributed by atoms with E-state index >= 15 is 0 Å². The van der Waals surface area contributed by atoms with Gasteiger partial charge in [-0.25, -0.2) is 0 Å². The molecule has 0 spiro atoms. The SMILES string of the molecule is COc1ccc2c(c1)C=CCC(=O)O2. The summed E-state index contributed by atoms with van der Waals surface area (Å²) in [5.41, 5.74) is 0.871. The third-order valence-corrected chi connectivity index (χ3v) is 2.02. The number of fused-ring (bicyclic) bond motifs is 1. The molecule has 1 aromatic rings. The Bertz CT molecular complexity index is 394. The lowest BCUT2D eigenvalue weighted by Crippen LogP contribution is -2.05. The second-order valence-electron chi connectivity index (χ2n) is 2.98. The van der Waals surface area contributed by atoms with E-state index in [2.05, 4.69) is 0 Å². The number of benzene rings is 1. The summed E-state index contributed by atoms with van der Waals surface area (Å²) in [6, 6.07) is 5.34. The highest BCUT2D eigenvalue weighted by Crippen LogP contribution is 2.27. The van der Waals surface area contributed by atoms with Crippen LogP contribution in [-0.2, 0) is 4.79 Å². The van der Waals surface area contributed by atoms with Crippen LogP contribution in [0.3, 0.4) is 0 Å². The molecule has 3 heteroatoms. The zero-order valence-electron chi connectivity index (χ0n) is 7.82. The number of hydrogen-bond donors (Lipinski definition) is 0. The van der Waals surface area contributed by atoms with Gasteiger partial charge in [-0.05, 0) is 18.2 Å². The molecule has 0 aromatic heterocycles. The summed E-state index contributed by atoms with van der Waals surface area (Å²) in [4.78, 5) is 11.1. The maximum atomic E-state index is 11.1. The van der Waals surface area contributed by atoms with Crippen molar-refractivity contribution >= 4 is 12.0 Å². The summed E-state index contributed by atoms with van der Waals surface area (Å²) >= 11 is 0. The van der Waals surface area contributed by atoms with E-state index in [9.17, 15) is 4.79 Å². The number of ether oxygens (including phenoxy) is 2. The molecule has 0 N–H and O–H groups in total. The van der Waals surface area contributed by atoms with Crippen molar-refractivity contribution in [2.45, 2.75) is 6.42 Å². The van der Waals surface area contributed by atoms with E-state index in [-0.39, 0.29) is 5.97 Å². The zero-order chi connectivity index (χ0) is 9.97. The molecular formula is C11H10O3. The van der Waals surface area contributed by atoms with Gasteiger partial charge in [0.1, 0.15) is 11.5 Å². The van der Waals surface area contributed by atoms with Crippen LogP contribution in [0.2, 0.25) is 0 Å². The first-order chi connectivity index (χ1) is 6.79. The first-order valence-electron chi connectivity index (χ1n) is 4.35. The van der Waals surface area contributed by atoms with Gasteiger partial charge in [0.05, 0.1) is 13.5 Å². The van der Waals surface area contributed by atoms with E-state index in [1.165, 1.54) is 0 Å². The van der Waals surface area contributed by atoms with Crippen molar-refractivity contribution in [1.29, 1.82) is 0 Å². The standard InChI is InChI=1S/C11H10O3/c1-13-9-5-6-10-8(7-9)3-2-4-11(12)14-10/h2-3,5-7H,4H2,1H3. The Hall–Kier alpha value is -1.77. The van der Waals surface area contributed by atoms with Gasteiger partial charge in [-0.2, -0.15) is 0 Å². The fourth-order valence-corrected chi connectivity index (χ4v) is 1.32. The summed E-state index contributed by atoms with van der Waals surface area (Å²) in [6.45, 7) is 0. The molecule has 0 saturated carbocycles. The fraction of sp³-hybridized carbons (Fsp3) is 0.182. The van der Waals surface area contributed by atoms with Crippen molar-refractivity contribution < 1.29 is 14.3 Å². The lowest BCUT2D eigenvalue weighted by molar-refractivity contribution is -0.133. The van der Waals surface area contributed by atoms with Crippen LogP contribution < -0.4 is 9.47 Å². The van der Waals surface area contributed by atoms with Gasteiger partial charge in [-0.1, -0.05) is 12.2 Å². The smallest absolute Gasteiger partial charge is 0.315 e. The predicted molar refractivity (Wildman–Crippen MR) is 52.3 cm³/mol. The van der Waals surface area contributed by atoms with Crippen molar-refractivity contribution in [3.05, 3.63) is 29.8 Å². The van der Waals surface area contributed by atoms with E-state index in [1.807, 2.05) is 12.1 Å². The minimum absolute atomic E-state index is 0.231. The third-order valence-electron chi connectivity index (χ3n) is 2.02. The van der Waals surface area contributed by atoms with Gasteiger partial charge in [0.25, 0.3) is 0 Å². The van der Waals surface area contributed by atoms with E-state index in [0.717, 1.165) is 11.3 Å². The highest BCUT2D eigenvalue weighted by molar-refractivity contribution is 5.79. The number of esters is 1. The summed E-state index contributed by atoms with van der Waals surface area (Å²) < 4.78 is 10.2. The first kappa shape index (κ1) is 8.81. The fourth-order valence-electron chi connectivity index (χ4n) is 1.32. The van der Waals surface area contributed by atoms with Crippen LogP contribution in [0.5, 0.6) is 11.5 Å². The number of rotatable bonds is 1. The molecular weight excluding hydrogens is 180 g/mol. The Labute approximate surface area is 81.9 Å². The van der Waals surface area contributed by atoms with Crippen LogP contribution >= 0.6 is 0 Å². The van der Waals surface area contributed by atoms with Crippen LogP contribution in [0.1, 0.15) is 12.0 Å². The monoisotopic (exact) mass is 190 g/mol. The number of carbonyl (C=O) groups is 1. The Morgan fingerprint density at radius 1 is 1.43 bits per heavy atom. The highest BCUT2D eigenvalue weighted by atomic mass is 16.5. The second-order valence-corrected chi connectivity index (χ2v) is 2.98. The van der Waals surface area contributed by atoms with Gasteiger partial charge in [-0.15, -0.1) is 0 Å². The molecule has 0 fully saturated rings. The quantitative estimate of drug-likeness (QED) is 0.502. The summed E-state index contributed by atoms with van der Waals surface area (Å²) in [5.74, 6) is 1.11. The van der Waals surface area contributed by atoms with Gasteiger partial charge >= 0.3 is 5.97 Å². The molecule has 14 heavy (non-hydrogen) atoms. The molecule has 1 aliphatic heterocycles. The van der Waals surface area contributed by atoms with Gasteiger partial charge in [-0.3, -0.25) is 4.79 Å². The van der Waals surface area contributed by atoms with Crippen molar-refractivity contribution in [2.75, 3.05) is 7.11 Å². The summed E-state index contributed by atoms with van der Waals surface area (Å²) in [7, 11) is 1.61. The molecule has 0 bridgehead atoms. The molecule has 0 atom stereocenters. The minimum Gasteiger partial charge on any atom is -0.497 e. The third kappa shape index (κ3) is 1.62. The molecule has 3 nitrogen and oxygen atoms in total. The zero-order valence-corrected chi connectivity index (χ0v) is 7.82. The van der Waals surface area contributed by atoms with Gasteiger partial charge < -0.3 is 9.47 Å². The van der Waals surface area contributed by atoms with Crippen LogP contribution in [0, 0.1) is 0 Å². The molecule has 0 aliphatic carbocycles. The van der Waals surface area contributed by atoms with Crippen LogP contribution in [0.4, 0.5) is 0 Å². The van der Waals surface area contributed by atoms with Gasteiger partial charge in [0.15, 0.2) is 0 Å². The molecule has 0 saturated heterocycles. The number of hydrogen-bond acceptors (Lipinski definition) is 3. The topological polar surface area (TPSA) is 35.5 Å². The lowest BCUT2D eigenvalue weighted by atomic mass is 10.2. The van der Waals surface area contributed by atoms with E-state index in [0.29, 0.717) is 12.2 Å². The average molecular weight is 190 g/mol. The van der Waals surface area contributed by atoms with E-state index in [1.54, 1.807) is 25.3 Å². The maximum Gasteiger partial charge on any atom is 0.315 e. The normalized spacial score (nSPS) is 14.2. The molecule has 0 radical (unpaired) electrons. The summed E-state index contributed by atoms with van der Waals surface area (Å²) in [5, 5.41) is 0. The van der Waals surface area contributed by atoms with E-state index < -0.39 is 0 Å². The van der Waals surface area contributed by atoms with Gasteiger partial charge in [0, 0.05) is 5.56 Å². The van der Waals surface area contributed by atoms with Crippen LogP contribution in [-0.4, -0.2) is 13.1 Å². The molecule has 0 amide bonds. The Morgan fingerprint density at radius 2 is 2.29 bits per heavy atom. The lowest BCUT2D eigenvalue weighted by Gasteiger charge is -2.06. The van der Waals surface area contributed by atoms with Crippen LogP contribution in [0.15, 0.2) is 24.3 Å². The van der Waals surface area contributed by atoms with E-state index in [4.69, 9.17) is 9.47 Å². The van der Waals surface area contributed by atoms with Gasteiger partial charge in [0.2, 0.25) is 0 Å². The Kier molecular flexibility index (Phi) is 2.23. The molecule has 2 rings (SSSR count). The van der Waals surface area contributed by atoms with Crippen molar-refractivity contribution in [1.82, 2.24) is 0 Å². The molecule has 1 aromatic carbocycles. The largest absolute Gasteiger partial charge is 0.497 e. The predicted octanol–water partition coefficient (Wildman–Crippen LogP) is 2.02. The molecule has 1 heterocycles. The second kappa shape index (κ2) is 3.54. The van der Waals surface area contributed by atoms with Crippen molar-refractivity contribution in [3.8, 4) is 11.5 Å². The first-order valence-corrected chi connectivity index (χ1v) is 4.35. The highest BCUT2D eigenvalue weighted by Gasteiger charge is 2.10. The summed E-state index contributed by atoms with van der Waals surface area (Å²) in [6.07, 6.45) is 3.97. The van der Waals surface area contributed by atoms with Crippen molar-refractivity contribution in [2.24, 2.45) is 0 Å². The molecule has 0 unspecified atom stereocenters. The average Bonchev–Trinajstić information content (AvgIpc) is 2.37. The maximum absolute atomic E-state index is 11.1. The molecule has 1 aliphatic rings. The van der Waals surface area contributed by atoms with Crippen LogP contribution in [0.25, 0.3) is 6.08 Å². The minimum atomic E-state index is -0.231. The Morgan fingerprint density at radius 3 is 3.07 bits per heavy atom.